The molecule has 0 N–H and O–H groups in total. The molecule has 1 atom stereocenters. The molecule has 0 aliphatic carbocycles. The number of aryl methyl sites for hydroxylation is 1. The number of hydrogen-bond donors (Lipinski definition) is 0. The molecule has 2 heterocycles. The van der Waals surface area contributed by atoms with Crippen molar-refractivity contribution >= 4 is 45.2 Å². The topological polar surface area (TPSA) is 74.1 Å². The van der Waals surface area contributed by atoms with Gasteiger partial charge >= 0.3 is 0 Å². The highest BCUT2D eigenvalue weighted by Crippen LogP contribution is 2.35. The minimum Gasteiger partial charge on any atom is -0.274 e. The summed E-state index contributed by atoms with van der Waals surface area (Å²) < 4.78 is 0.877. The largest absolute Gasteiger partial charge is 0.274 e. The summed E-state index contributed by atoms with van der Waals surface area (Å²) in [5.41, 5.74) is 1.87. The van der Waals surface area contributed by atoms with E-state index in [-0.39, 0.29) is 18.2 Å². The lowest BCUT2D eigenvalue weighted by Crippen LogP contribution is -2.31. The highest BCUT2D eigenvalue weighted by molar-refractivity contribution is 9.10. The number of pyridine rings is 1. The van der Waals surface area contributed by atoms with Crippen LogP contribution in [0.25, 0.3) is 0 Å². The van der Waals surface area contributed by atoms with Crippen LogP contribution in [-0.2, 0) is 16.0 Å². The third kappa shape index (κ3) is 3.81. The van der Waals surface area contributed by atoms with Crippen molar-refractivity contribution in [2.45, 2.75) is 36.5 Å². The van der Waals surface area contributed by atoms with Crippen LogP contribution in [0, 0.1) is 11.3 Å². The van der Waals surface area contributed by atoms with Crippen molar-refractivity contribution in [2.75, 3.05) is 4.90 Å². The first kappa shape index (κ1) is 18.6. The summed E-state index contributed by atoms with van der Waals surface area (Å²) in [6.07, 6.45) is 1.85. The van der Waals surface area contributed by atoms with E-state index in [4.69, 9.17) is 0 Å². The maximum atomic E-state index is 12.8. The van der Waals surface area contributed by atoms with E-state index < -0.39 is 5.25 Å². The third-order valence-corrected chi connectivity index (χ3v) is 5.70. The molecule has 0 spiro atoms. The quantitative estimate of drug-likeness (QED) is 0.668. The number of halogens is 1. The van der Waals surface area contributed by atoms with Gasteiger partial charge in [0.25, 0.3) is 0 Å². The normalized spacial score (nSPS) is 16.8. The maximum absolute atomic E-state index is 12.8. The second-order valence-corrected chi connectivity index (χ2v) is 7.98. The molecule has 7 heteroatoms. The second kappa shape index (κ2) is 8.02. The van der Waals surface area contributed by atoms with E-state index in [9.17, 15) is 14.9 Å². The van der Waals surface area contributed by atoms with Gasteiger partial charge in [0.2, 0.25) is 11.8 Å². The van der Waals surface area contributed by atoms with Crippen LogP contribution in [0.2, 0.25) is 0 Å². The van der Waals surface area contributed by atoms with Gasteiger partial charge in [-0.2, -0.15) is 5.26 Å². The van der Waals surface area contributed by atoms with Gasteiger partial charge in [0.05, 0.1) is 16.5 Å². The van der Waals surface area contributed by atoms with Crippen LogP contribution in [0.1, 0.15) is 31.0 Å². The summed E-state index contributed by atoms with van der Waals surface area (Å²) in [5, 5.41) is 9.27. The highest BCUT2D eigenvalue weighted by Gasteiger charge is 2.40. The maximum Gasteiger partial charge on any atom is 0.247 e. The SMILES string of the molecule is CCCc1ccc(C#N)c(S[C@@H]2CC(=O)N(c3ccc(Br)cc3)C2=O)n1. The van der Waals surface area contributed by atoms with Gasteiger partial charge < -0.3 is 0 Å². The van der Waals surface area contributed by atoms with Crippen molar-refractivity contribution in [1.82, 2.24) is 4.98 Å². The number of nitriles is 1. The summed E-state index contributed by atoms with van der Waals surface area (Å²) in [7, 11) is 0. The highest BCUT2D eigenvalue weighted by atomic mass is 79.9. The standard InChI is InChI=1S/C19H16BrN3O2S/c1-2-3-14-7-4-12(11-21)18(22-14)26-16-10-17(24)23(19(16)25)15-8-5-13(20)6-9-15/h4-9,16H,2-3,10H2,1H3/t16-/m1/s1. The minimum absolute atomic E-state index is 0.101. The van der Waals surface area contributed by atoms with E-state index in [1.54, 1.807) is 30.3 Å². The van der Waals surface area contributed by atoms with Crippen LogP contribution >= 0.6 is 27.7 Å². The van der Waals surface area contributed by atoms with Gasteiger partial charge in [-0.25, -0.2) is 9.88 Å². The Morgan fingerprint density at radius 3 is 2.65 bits per heavy atom. The summed E-state index contributed by atoms with van der Waals surface area (Å²) in [5.74, 6) is -0.507. The monoisotopic (exact) mass is 429 g/mol. The Morgan fingerprint density at radius 2 is 2.00 bits per heavy atom. The first-order chi connectivity index (χ1) is 12.5. The van der Waals surface area contributed by atoms with Crippen LogP contribution in [-0.4, -0.2) is 22.0 Å². The fraction of sp³-hybridized carbons (Fsp3) is 0.263. The predicted octanol–water partition coefficient (Wildman–Crippen LogP) is 4.09. The van der Waals surface area contributed by atoms with Crippen molar-refractivity contribution in [3.05, 3.63) is 52.1 Å². The molecular formula is C19H16BrN3O2S. The first-order valence-electron chi connectivity index (χ1n) is 8.22. The van der Waals surface area contributed by atoms with Crippen molar-refractivity contribution in [2.24, 2.45) is 0 Å². The summed E-state index contributed by atoms with van der Waals surface area (Å²) in [6, 6.07) is 12.7. The van der Waals surface area contributed by atoms with Crippen LogP contribution in [0.3, 0.4) is 0 Å². The van der Waals surface area contributed by atoms with E-state index in [2.05, 4.69) is 33.9 Å². The minimum atomic E-state index is -0.567. The Kier molecular flexibility index (Phi) is 5.74. The van der Waals surface area contributed by atoms with Gasteiger partial charge in [0.1, 0.15) is 11.1 Å². The lowest BCUT2D eigenvalue weighted by atomic mass is 10.2. The molecule has 5 nitrogen and oxygen atoms in total. The van der Waals surface area contributed by atoms with Crippen LogP contribution in [0.5, 0.6) is 0 Å². The fourth-order valence-corrected chi connectivity index (χ4v) is 4.12. The van der Waals surface area contributed by atoms with Crippen molar-refractivity contribution in [3.63, 3.8) is 0 Å². The molecule has 1 aromatic heterocycles. The van der Waals surface area contributed by atoms with E-state index in [1.807, 2.05) is 6.07 Å². The lowest BCUT2D eigenvalue weighted by Gasteiger charge is -2.15. The average molecular weight is 430 g/mol. The number of carbonyl (C=O) groups excluding carboxylic acids is 2. The van der Waals surface area contributed by atoms with Gasteiger partial charge in [-0.3, -0.25) is 9.59 Å². The molecule has 0 unspecified atom stereocenters. The molecule has 2 aromatic rings. The Morgan fingerprint density at radius 1 is 1.27 bits per heavy atom. The zero-order chi connectivity index (χ0) is 18.7. The van der Waals surface area contributed by atoms with E-state index in [0.29, 0.717) is 16.3 Å². The molecule has 1 aliphatic heterocycles. The Labute approximate surface area is 164 Å². The van der Waals surface area contributed by atoms with Crippen LogP contribution in [0.15, 0.2) is 45.9 Å². The Balaban J connectivity index is 1.84. The molecule has 3 rings (SSSR count). The van der Waals surface area contributed by atoms with Crippen LogP contribution < -0.4 is 4.90 Å². The van der Waals surface area contributed by atoms with Crippen molar-refractivity contribution < 1.29 is 9.59 Å². The zero-order valence-electron chi connectivity index (χ0n) is 14.1. The Bertz CT molecular complexity index is 893. The van der Waals surface area contributed by atoms with Gasteiger partial charge in [0, 0.05) is 16.6 Å². The molecule has 132 valence electrons. The summed E-state index contributed by atoms with van der Waals surface area (Å²) >= 11 is 4.55. The number of amides is 2. The number of carbonyl (C=O) groups is 2. The number of thioether (sulfide) groups is 1. The number of rotatable bonds is 5. The molecular weight excluding hydrogens is 414 g/mol. The van der Waals surface area contributed by atoms with Gasteiger partial charge in [0.15, 0.2) is 0 Å². The summed E-state index contributed by atoms with van der Waals surface area (Å²) in [6.45, 7) is 2.06. The second-order valence-electron chi connectivity index (χ2n) is 5.87. The molecule has 0 bridgehead atoms. The first-order valence-corrected chi connectivity index (χ1v) is 9.89. The number of imide groups is 1. The molecule has 0 saturated carbocycles. The fourth-order valence-electron chi connectivity index (χ4n) is 2.74. The molecule has 1 fully saturated rings. The van der Waals surface area contributed by atoms with E-state index >= 15 is 0 Å². The Hall–Kier alpha value is -2.17. The summed E-state index contributed by atoms with van der Waals surface area (Å²) in [4.78, 5) is 30.9. The number of aromatic nitrogens is 1. The number of benzene rings is 1. The predicted molar refractivity (Wildman–Crippen MR) is 104 cm³/mol. The lowest BCUT2D eigenvalue weighted by molar-refractivity contribution is -0.121. The van der Waals surface area contributed by atoms with Gasteiger partial charge in [-0.05, 0) is 42.8 Å². The van der Waals surface area contributed by atoms with E-state index in [0.717, 1.165) is 23.0 Å². The number of anilines is 1. The molecule has 2 amide bonds. The van der Waals surface area contributed by atoms with Crippen molar-refractivity contribution in [3.8, 4) is 6.07 Å². The van der Waals surface area contributed by atoms with Crippen LogP contribution in [0.4, 0.5) is 5.69 Å². The average Bonchev–Trinajstić information content (AvgIpc) is 2.90. The molecule has 0 radical (unpaired) electrons. The third-order valence-electron chi connectivity index (χ3n) is 3.99. The van der Waals surface area contributed by atoms with E-state index in [1.165, 1.54) is 16.7 Å². The number of hydrogen-bond acceptors (Lipinski definition) is 5. The van der Waals surface area contributed by atoms with Gasteiger partial charge in [-0.15, -0.1) is 0 Å². The molecule has 1 aliphatic rings. The smallest absolute Gasteiger partial charge is 0.247 e. The molecule has 1 aromatic carbocycles. The number of nitrogens with zero attached hydrogens (tertiary/aromatic N) is 3. The van der Waals surface area contributed by atoms with Gasteiger partial charge in [-0.1, -0.05) is 41.0 Å². The van der Waals surface area contributed by atoms with Crippen molar-refractivity contribution in [1.29, 1.82) is 5.26 Å². The molecule has 26 heavy (non-hydrogen) atoms. The zero-order valence-corrected chi connectivity index (χ0v) is 16.5. The molecule has 1 saturated heterocycles.